The first kappa shape index (κ1) is 18.7. The van der Waals surface area contributed by atoms with Crippen molar-refractivity contribution in [3.05, 3.63) is 38.3 Å². The molecule has 0 amide bonds. The second-order valence-electron chi connectivity index (χ2n) is 7.84. The Morgan fingerprint density at radius 3 is 2.79 bits per heavy atom. The predicted molar refractivity (Wildman–Crippen MR) is 105 cm³/mol. The molecule has 2 unspecified atom stereocenters. The molecule has 2 N–H and O–H groups in total. The van der Waals surface area contributed by atoms with Crippen molar-refractivity contribution in [2.45, 2.75) is 44.7 Å². The second-order valence-corrected chi connectivity index (χ2v) is 7.84. The Labute approximate surface area is 161 Å². The third-order valence-corrected chi connectivity index (χ3v) is 6.09. The minimum Gasteiger partial charge on any atom is -0.369 e. The number of hydrogen-bond donors (Lipinski definition) is 2. The molecular weight excluding hydrogens is 361 g/mol. The van der Waals surface area contributed by atoms with Crippen molar-refractivity contribution in [3.8, 4) is 6.07 Å². The lowest BCUT2D eigenvalue weighted by molar-refractivity contribution is 0.406. The van der Waals surface area contributed by atoms with Gasteiger partial charge in [-0.2, -0.15) is 5.26 Å². The molecule has 4 rings (SSSR count). The summed E-state index contributed by atoms with van der Waals surface area (Å²) < 4.78 is 16.7. The number of aromatic nitrogens is 2. The molecule has 7 nitrogen and oxygen atoms in total. The van der Waals surface area contributed by atoms with Gasteiger partial charge in [0.15, 0.2) is 0 Å². The lowest BCUT2D eigenvalue weighted by Gasteiger charge is -2.25. The summed E-state index contributed by atoms with van der Waals surface area (Å²) in [5.74, 6) is -0.206. The molecule has 1 aromatic carbocycles. The highest BCUT2D eigenvalue weighted by atomic mass is 19.1. The van der Waals surface area contributed by atoms with Gasteiger partial charge in [-0.25, -0.2) is 9.18 Å². The maximum absolute atomic E-state index is 15.1. The molecule has 8 heteroatoms. The van der Waals surface area contributed by atoms with Gasteiger partial charge in [-0.1, -0.05) is 0 Å². The van der Waals surface area contributed by atoms with E-state index in [-0.39, 0.29) is 23.4 Å². The first-order valence-electron chi connectivity index (χ1n) is 9.73. The zero-order chi connectivity index (χ0) is 20.0. The van der Waals surface area contributed by atoms with Crippen molar-refractivity contribution >= 4 is 16.6 Å². The Kier molecular flexibility index (Phi) is 4.71. The van der Waals surface area contributed by atoms with Crippen LogP contribution < -0.4 is 21.5 Å². The van der Waals surface area contributed by atoms with Crippen molar-refractivity contribution in [1.82, 2.24) is 14.9 Å². The molecule has 2 aromatic rings. The van der Waals surface area contributed by atoms with Crippen LogP contribution in [0.5, 0.6) is 0 Å². The summed E-state index contributed by atoms with van der Waals surface area (Å²) in [6.07, 6.45) is 3.04. The van der Waals surface area contributed by atoms with Crippen LogP contribution in [0.25, 0.3) is 10.9 Å². The Balaban J connectivity index is 1.81. The minimum absolute atomic E-state index is 0.0614. The number of nitrogens with one attached hydrogen (secondary N) is 2. The molecule has 0 spiro atoms. The summed E-state index contributed by atoms with van der Waals surface area (Å²) in [5, 5.41) is 12.4. The summed E-state index contributed by atoms with van der Waals surface area (Å²) in [7, 11) is 1.84. The normalized spacial score (nSPS) is 20.5. The fourth-order valence-electron chi connectivity index (χ4n) is 4.56. The lowest BCUT2D eigenvalue weighted by Crippen LogP contribution is -2.35. The first-order chi connectivity index (χ1) is 13.5. The van der Waals surface area contributed by atoms with Gasteiger partial charge in [-0.05, 0) is 45.2 Å². The number of H-pyrrole nitrogens is 1. The van der Waals surface area contributed by atoms with Gasteiger partial charge in [0.05, 0.1) is 29.1 Å². The molecule has 0 radical (unpaired) electrons. The molecule has 1 saturated heterocycles. The molecule has 2 fully saturated rings. The van der Waals surface area contributed by atoms with Crippen LogP contribution in [0.3, 0.4) is 0 Å². The van der Waals surface area contributed by atoms with Gasteiger partial charge in [0.25, 0.3) is 5.56 Å². The SMILES string of the molecule is CNC(CC#N)C1CCN(c2c(F)cc3c(=O)[nH]c(=O)n(C4CC4)c3c2C)C1. The Bertz CT molecular complexity index is 1080. The van der Waals surface area contributed by atoms with E-state index in [0.29, 0.717) is 36.3 Å². The smallest absolute Gasteiger partial charge is 0.329 e. The molecule has 2 atom stereocenters. The largest absolute Gasteiger partial charge is 0.369 e. The van der Waals surface area contributed by atoms with Crippen LogP contribution in [-0.2, 0) is 0 Å². The summed E-state index contributed by atoms with van der Waals surface area (Å²) in [6, 6.07) is 3.59. The van der Waals surface area contributed by atoms with Gasteiger partial charge in [0, 0.05) is 30.7 Å². The van der Waals surface area contributed by atoms with Crippen molar-refractivity contribution in [2.24, 2.45) is 5.92 Å². The number of fused-ring (bicyclic) bond motifs is 1. The van der Waals surface area contributed by atoms with Crippen LogP contribution in [0, 0.1) is 30.0 Å². The highest BCUT2D eigenvalue weighted by Crippen LogP contribution is 2.39. The van der Waals surface area contributed by atoms with E-state index in [0.717, 1.165) is 19.3 Å². The van der Waals surface area contributed by atoms with E-state index in [4.69, 9.17) is 5.26 Å². The Morgan fingerprint density at radius 2 is 2.14 bits per heavy atom. The van der Waals surface area contributed by atoms with Crippen molar-refractivity contribution in [1.29, 1.82) is 5.26 Å². The van der Waals surface area contributed by atoms with Crippen LogP contribution in [0.15, 0.2) is 15.7 Å². The molecule has 2 heterocycles. The maximum Gasteiger partial charge on any atom is 0.329 e. The second kappa shape index (κ2) is 7.06. The Hall–Kier alpha value is -2.66. The fraction of sp³-hybridized carbons (Fsp3) is 0.550. The summed E-state index contributed by atoms with van der Waals surface area (Å²) in [5.41, 5.74) is 0.657. The first-order valence-corrected chi connectivity index (χ1v) is 9.73. The molecule has 148 valence electrons. The average Bonchev–Trinajstić information content (AvgIpc) is 3.38. The number of nitrogens with zero attached hydrogens (tertiary/aromatic N) is 3. The van der Waals surface area contributed by atoms with E-state index < -0.39 is 17.1 Å². The lowest BCUT2D eigenvalue weighted by atomic mass is 9.97. The van der Waals surface area contributed by atoms with Crippen LogP contribution >= 0.6 is 0 Å². The van der Waals surface area contributed by atoms with E-state index in [9.17, 15) is 9.59 Å². The van der Waals surface area contributed by atoms with Gasteiger partial charge < -0.3 is 10.2 Å². The monoisotopic (exact) mass is 385 g/mol. The number of rotatable bonds is 5. The van der Waals surface area contributed by atoms with E-state index in [1.165, 1.54) is 6.07 Å². The molecule has 1 saturated carbocycles. The van der Waals surface area contributed by atoms with Gasteiger partial charge in [0.1, 0.15) is 5.82 Å². The fourth-order valence-corrected chi connectivity index (χ4v) is 4.56. The molecule has 1 aliphatic carbocycles. The van der Waals surface area contributed by atoms with Crippen LogP contribution in [0.4, 0.5) is 10.1 Å². The number of aromatic amines is 1. The van der Waals surface area contributed by atoms with E-state index >= 15 is 4.39 Å². The molecule has 1 aromatic heterocycles. The van der Waals surface area contributed by atoms with Gasteiger partial charge in [-0.3, -0.25) is 14.3 Å². The summed E-state index contributed by atoms with van der Waals surface area (Å²) in [4.78, 5) is 29.0. The Morgan fingerprint density at radius 1 is 1.39 bits per heavy atom. The highest BCUT2D eigenvalue weighted by molar-refractivity contribution is 5.87. The summed E-state index contributed by atoms with van der Waals surface area (Å²) in [6.45, 7) is 3.10. The number of benzene rings is 1. The predicted octanol–water partition coefficient (Wildman–Crippen LogP) is 1.80. The molecule has 2 aliphatic rings. The number of halogens is 1. The van der Waals surface area contributed by atoms with Crippen LogP contribution in [0.1, 0.15) is 37.3 Å². The molecule has 0 bridgehead atoms. The van der Waals surface area contributed by atoms with E-state index in [1.54, 1.807) is 11.5 Å². The third kappa shape index (κ3) is 3.00. The number of anilines is 1. The number of nitriles is 1. The average molecular weight is 385 g/mol. The van der Waals surface area contributed by atoms with Crippen LogP contribution in [-0.4, -0.2) is 35.7 Å². The molecular formula is C20H24FN5O2. The third-order valence-electron chi connectivity index (χ3n) is 6.09. The van der Waals surface area contributed by atoms with E-state index in [2.05, 4.69) is 16.4 Å². The molecule has 28 heavy (non-hydrogen) atoms. The maximum atomic E-state index is 15.1. The van der Waals surface area contributed by atoms with Gasteiger partial charge >= 0.3 is 5.69 Å². The highest BCUT2D eigenvalue weighted by Gasteiger charge is 2.33. The summed E-state index contributed by atoms with van der Waals surface area (Å²) >= 11 is 0. The van der Waals surface area contributed by atoms with Crippen molar-refractivity contribution in [2.75, 3.05) is 25.0 Å². The quantitative estimate of drug-likeness (QED) is 0.819. The number of hydrogen-bond acceptors (Lipinski definition) is 5. The van der Waals surface area contributed by atoms with Gasteiger partial charge in [-0.15, -0.1) is 0 Å². The van der Waals surface area contributed by atoms with Crippen molar-refractivity contribution < 1.29 is 4.39 Å². The zero-order valence-corrected chi connectivity index (χ0v) is 16.1. The number of aryl methyl sites for hydroxylation is 1. The zero-order valence-electron chi connectivity index (χ0n) is 16.1. The van der Waals surface area contributed by atoms with E-state index in [1.807, 2.05) is 11.9 Å². The standard InChI is InChI=1S/C20H24FN5O2/c1-11-17-14(19(27)24-20(28)26(17)13-3-4-13)9-15(21)18(11)25-8-6-12(10-25)16(23-2)5-7-22/h9,12-13,16,23H,3-6,8,10H2,1-2H3,(H,24,27,28). The van der Waals surface area contributed by atoms with Crippen LogP contribution in [0.2, 0.25) is 0 Å². The minimum atomic E-state index is -0.547. The molecule has 1 aliphatic heterocycles. The van der Waals surface area contributed by atoms with Gasteiger partial charge in [0.2, 0.25) is 0 Å². The topological polar surface area (TPSA) is 93.9 Å². The van der Waals surface area contributed by atoms with Crippen molar-refractivity contribution in [3.63, 3.8) is 0 Å².